The average molecular weight is 737 g/mol. The van der Waals surface area contributed by atoms with Gasteiger partial charge < -0.3 is 28.5 Å². The number of methoxy groups -OCH3 is 1. The molecule has 4 rings (SSSR count). The van der Waals surface area contributed by atoms with Gasteiger partial charge >= 0.3 is 0 Å². The molecular formula is C42H64O7Si2. The largest absolute Gasteiger partial charge is 0.410 e. The third-order valence-electron chi connectivity index (χ3n) is 11.6. The molecule has 7 nitrogen and oxygen atoms in total. The Kier molecular flexibility index (Phi) is 13.4. The number of aliphatic hydroxyl groups is 2. The third-order valence-corrected chi connectivity index (χ3v) is 21.1. The number of rotatable bonds is 13. The van der Waals surface area contributed by atoms with Gasteiger partial charge in [-0.25, -0.2) is 0 Å². The second-order valence-corrected chi connectivity index (χ2v) is 26.4. The van der Waals surface area contributed by atoms with Crippen LogP contribution in [-0.4, -0.2) is 76.6 Å². The molecule has 51 heavy (non-hydrogen) atoms. The van der Waals surface area contributed by atoms with Crippen molar-refractivity contribution in [1.82, 2.24) is 0 Å². The zero-order chi connectivity index (χ0) is 37.8. The van der Waals surface area contributed by atoms with E-state index in [1.165, 1.54) is 22.5 Å². The quantitative estimate of drug-likeness (QED) is 0.165. The Bertz CT molecular complexity index is 1460. The molecule has 0 radical (unpaired) electrons. The molecule has 1 aliphatic heterocycles. The minimum atomic E-state index is -2.76. The van der Waals surface area contributed by atoms with E-state index in [2.05, 4.69) is 128 Å². The molecule has 2 N–H and O–H groups in total. The molecule has 0 unspecified atom stereocenters. The van der Waals surface area contributed by atoms with Crippen molar-refractivity contribution in [2.75, 3.05) is 13.7 Å². The second kappa shape index (κ2) is 16.4. The van der Waals surface area contributed by atoms with E-state index in [0.29, 0.717) is 0 Å². The van der Waals surface area contributed by atoms with Gasteiger partial charge in [-0.3, -0.25) is 4.79 Å². The molecule has 0 amide bonds. The number of carbonyl (C=O) groups excluding carboxylic acids is 1. The number of ether oxygens (including phenoxy) is 2. The van der Waals surface area contributed by atoms with Gasteiger partial charge in [0, 0.05) is 19.4 Å². The molecule has 2 aliphatic rings. The molecule has 282 valence electrons. The lowest BCUT2D eigenvalue weighted by molar-refractivity contribution is -0.194. The molecule has 2 aromatic carbocycles. The zero-order valence-corrected chi connectivity index (χ0v) is 34.9. The van der Waals surface area contributed by atoms with Crippen LogP contribution in [0.4, 0.5) is 0 Å². The summed E-state index contributed by atoms with van der Waals surface area (Å²) in [5.74, 6) is -2.01. The van der Waals surface area contributed by atoms with Crippen LogP contribution in [0, 0.1) is 11.8 Å². The Hall–Kier alpha value is -2.22. The summed E-state index contributed by atoms with van der Waals surface area (Å²) in [6.45, 7) is 21.9. The van der Waals surface area contributed by atoms with Gasteiger partial charge in [0.15, 0.2) is 19.9 Å². The summed E-state index contributed by atoms with van der Waals surface area (Å²) in [6, 6.07) is 21.5. The van der Waals surface area contributed by atoms with Crippen LogP contribution in [0.1, 0.15) is 81.1 Å². The minimum Gasteiger partial charge on any atom is -0.410 e. The van der Waals surface area contributed by atoms with Crippen LogP contribution in [0.2, 0.25) is 23.2 Å². The van der Waals surface area contributed by atoms with Gasteiger partial charge in [-0.2, -0.15) is 0 Å². The van der Waals surface area contributed by atoms with Crippen molar-refractivity contribution in [3.8, 4) is 0 Å². The van der Waals surface area contributed by atoms with Crippen molar-refractivity contribution in [3.05, 3.63) is 84.5 Å². The first-order chi connectivity index (χ1) is 23.7. The lowest BCUT2D eigenvalue weighted by Crippen LogP contribution is -2.68. The molecule has 1 fully saturated rings. The topological polar surface area (TPSA) is 94.5 Å². The van der Waals surface area contributed by atoms with Crippen molar-refractivity contribution < 1.29 is 33.3 Å². The minimum absolute atomic E-state index is 0.0402. The van der Waals surface area contributed by atoms with Crippen LogP contribution in [0.15, 0.2) is 84.5 Å². The summed E-state index contributed by atoms with van der Waals surface area (Å²) in [6.07, 6.45) is 6.10. The van der Waals surface area contributed by atoms with E-state index in [1.807, 2.05) is 6.92 Å². The van der Waals surface area contributed by atoms with Crippen LogP contribution in [0.5, 0.6) is 0 Å². The number of carbonyl (C=O) groups is 1. The second-order valence-electron chi connectivity index (χ2n) is 17.4. The van der Waals surface area contributed by atoms with Crippen molar-refractivity contribution in [2.45, 2.75) is 134 Å². The van der Waals surface area contributed by atoms with E-state index in [9.17, 15) is 15.0 Å². The van der Waals surface area contributed by atoms with E-state index in [-0.39, 0.29) is 59.0 Å². The van der Waals surface area contributed by atoms with Gasteiger partial charge in [0.1, 0.15) is 6.61 Å². The van der Waals surface area contributed by atoms with Crippen LogP contribution in [0.3, 0.4) is 0 Å². The van der Waals surface area contributed by atoms with Gasteiger partial charge in [0.05, 0.1) is 24.4 Å². The highest BCUT2D eigenvalue weighted by molar-refractivity contribution is 6.99. The van der Waals surface area contributed by atoms with E-state index in [1.54, 1.807) is 7.11 Å². The van der Waals surface area contributed by atoms with Crippen molar-refractivity contribution in [2.24, 2.45) is 11.8 Å². The Morgan fingerprint density at radius 1 is 0.961 bits per heavy atom. The Balaban J connectivity index is 1.62. The fourth-order valence-electron chi connectivity index (χ4n) is 7.49. The predicted octanol–water partition coefficient (Wildman–Crippen LogP) is 7.31. The molecule has 0 bridgehead atoms. The average Bonchev–Trinajstić information content (AvgIpc) is 3.07. The SMILES string of the molecule is CO[C@@H]1C[C@H](/C=C(\C)[C@@H](O[Si](C)(C)C(C)(C)C)[C@H](C)[C@@H](O)C[C@@]2(O)C=CC(=O)CO2)CC[C@H]1O[Si](c1ccccc1)(c1ccccc1)C(C)(C)C. The summed E-state index contributed by atoms with van der Waals surface area (Å²) in [7, 11) is -3.23. The fraction of sp³-hybridized carbons (Fsp3) is 0.595. The number of hydrogen-bond donors (Lipinski definition) is 2. The number of aliphatic hydroxyl groups excluding tert-OH is 1. The van der Waals surface area contributed by atoms with Crippen LogP contribution in [-0.2, 0) is 23.1 Å². The van der Waals surface area contributed by atoms with Crippen LogP contribution in [0.25, 0.3) is 0 Å². The summed E-state index contributed by atoms with van der Waals surface area (Å²) in [5.41, 5.74) is 1.07. The highest BCUT2D eigenvalue weighted by Gasteiger charge is 2.53. The molecule has 1 aliphatic carbocycles. The summed E-state index contributed by atoms with van der Waals surface area (Å²) in [5, 5.41) is 24.9. The van der Waals surface area contributed by atoms with Gasteiger partial charge in [-0.05, 0) is 83.4 Å². The number of benzene rings is 2. The standard InChI is InChI=1S/C42H64O7Si2/c1-30(39(49-50(10,11)40(3,4)5)31(2)36(44)28-42(45)25-24-33(43)29-47-42)26-32-22-23-37(38(27-32)46-9)48-51(41(6,7)8,34-18-14-12-15-19-34)35-20-16-13-17-21-35/h12-21,24-26,31-32,36-39,44-45H,22-23,27-29H2,1-11H3/b30-26+/t31-,32+,36+,37-,38-,39-,42-/m1/s1. The molecule has 0 spiro atoms. The molecular weight excluding hydrogens is 673 g/mol. The molecule has 0 saturated heterocycles. The Labute approximate surface area is 309 Å². The molecule has 1 heterocycles. The van der Waals surface area contributed by atoms with Crippen molar-refractivity contribution >= 4 is 32.8 Å². The highest BCUT2D eigenvalue weighted by Crippen LogP contribution is 2.43. The lowest BCUT2D eigenvalue weighted by Gasteiger charge is -2.48. The Morgan fingerprint density at radius 3 is 2.00 bits per heavy atom. The van der Waals surface area contributed by atoms with E-state index < -0.39 is 28.5 Å². The smallest absolute Gasteiger partial charge is 0.261 e. The summed E-state index contributed by atoms with van der Waals surface area (Å²) >= 11 is 0. The number of allylic oxidation sites excluding steroid dienone is 1. The molecule has 9 heteroatoms. The van der Waals surface area contributed by atoms with E-state index in [4.69, 9.17) is 18.3 Å². The number of hydrogen-bond acceptors (Lipinski definition) is 7. The zero-order valence-electron chi connectivity index (χ0n) is 32.9. The third kappa shape index (κ3) is 9.67. The molecule has 7 atom stereocenters. The molecule has 0 aromatic heterocycles. The Morgan fingerprint density at radius 2 is 1.53 bits per heavy atom. The maximum Gasteiger partial charge on any atom is 0.261 e. The van der Waals surface area contributed by atoms with Gasteiger partial charge in [0.2, 0.25) is 0 Å². The fourth-order valence-corrected chi connectivity index (χ4v) is 13.6. The first-order valence-electron chi connectivity index (χ1n) is 18.7. The molecule has 2 aromatic rings. The predicted molar refractivity (Wildman–Crippen MR) is 211 cm³/mol. The maximum atomic E-state index is 11.7. The lowest BCUT2D eigenvalue weighted by atomic mass is 9.82. The van der Waals surface area contributed by atoms with Crippen LogP contribution >= 0.6 is 0 Å². The summed E-state index contributed by atoms with van der Waals surface area (Å²) in [4.78, 5) is 11.7. The first-order valence-corrected chi connectivity index (χ1v) is 23.5. The van der Waals surface area contributed by atoms with Gasteiger partial charge in [0.25, 0.3) is 8.32 Å². The number of ketones is 1. The van der Waals surface area contributed by atoms with E-state index in [0.717, 1.165) is 24.8 Å². The maximum absolute atomic E-state index is 11.7. The van der Waals surface area contributed by atoms with Gasteiger partial charge in [-0.1, -0.05) is 115 Å². The van der Waals surface area contributed by atoms with Gasteiger partial charge in [-0.15, -0.1) is 0 Å². The summed E-state index contributed by atoms with van der Waals surface area (Å²) < 4.78 is 26.3. The van der Waals surface area contributed by atoms with Crippen molar-refractivity contribution in [1.29, 1.82) is 0 Å². The van der Waals surface area contributed by atoms with Crippen molar-refractivity contribution in [3.63, 3.8) is 0 Å². The van der Waals surface area contributed by atoms with Crippen LogP contribution < -0.4 is 10.4 Å². The van der Waals surface area contributed by atoms with E-state index >= 15 is 0 Å². The normalized spacial score (nSPS) is 25.8. The first kappa shape index (κ1) is 41.5. The monoisotopic (exact) mass is 736 g/mol. The molecule has 1 saturated carbocycles. The highest BCUT2D eigenvalue weighted by atomic mass is 28.4.